The number of ether oxygens (including phenoxy) is 1. The van der Waals surface area contributed by atoms with Crippen LogP contribution in [0.15, 0.2) is 54.6 Å². The summed E-state index contributed by atoms with van der Waals surface area (Å²) in [5, 5.41) is 3.41. The first kappa shape index (κ1) is 15.4. The molecular formula is C16H17ClN2O2. The number of hydrogen-bond acceptors (Lipinski definition) is 3. The van der Waals surface area contributed by atoms with Gasteiger partial charge in [0.05, 0.1) is 12.6 Å². The summed E-state index contributed by atoms with van der Waals surface area (Å²) in [6.45, 7) is 0.366. The number of carbonyl (C=O) groups excluding carboxylic acids is 1. The molecule has 0 aromatic heterocycles. The Kier molecular flexibility index (Phi) is 5.60. The molecule has 0 aliphatic carbocycles. The normalized spacial score (nSPS) is 11.7. The van der Waals surface area contributed by atoms with Crippen LogP contribution in [0.2, 0.25) is 5.02 Å². The van der Waals surface area contributed by atoms with E-state index < -0.39 is 6.04 Å². The molecule has 110 valence electrons. The van der Waals surface area contributed by atoms with E-state index in [1.165, 1.54) is 0 Å². The van der Waals surface area contributed by atoms with Crippen molar-refractivity contribution in [3.63, 3.8) is 0 Å². The van der Waals surface area contributed by atoms with Gasteiger partial charge in [0.1, 0.15) is 5.75 Å². The van der Waals surface area contributed by atoms with Crippen molar-refractivity contribution < 1.29 is 9.53 Å². The number of para-hydroxylation sites is 1. The lowest BCUT2D eigenvalue weighted by atomic mass is 10.2. The molecule has 1 amide bonds. The van der Waals surface area contributed by atoms with Gasteiger partial charge in [-0.3, -0.25) is 4.79 Å². The first-order valence-corrected chi connectivity index (χ1v) is 7.03. The third-order valence-corrected chi connectivity index (χ3v) is 3.14. The molecule has 0 fully saturated rings. The minimum atomic E-state index is -0.613. The van der Waals surface area contributed by atoms with Gasteiger partial charge in [-0.25, -0.2) is 0 Å². The van der Waals surface area contributed by atoms with Gasteiger partial charge in [-0.05, 0) is 36.4 Å². The maximum Gasteiger partial charge on any atom is 0.241 e. The van der Waals surface area contributed by atoms with E-state index in [0.717, 1.165) is 5.69 Å². The van der Waals surface area contributed by atoms with Crippen molar-refractivity contribution in [1.82, 2.24) is 0 Å². The number of benzene rings is 2. The standard InChI is InChI=1S/C16H17ClN2O2/c17-12-6-8-14(9-7-12)21-11-10-15(18)16(20)19-13-4-2-1-3-5-13/h1-9,15H,10-11,18H2,(H,19,20). The molecule has 2 aromatic rings. The molecule has 0 saturated carbocycles. The summed E-state index contributed by atoms with van der Waals surface area (Å²) in [4.78, 5) is 11.9. The van der Waals surface area contributed by atoms with Crippen molar-refractivity contribution in [2.24, 2.45) is 5.73 Å². The van der Waals surface area contributed by atoms with Gasteiger partial charge >= 0.3 is 0 Å². The summed E-state index contributed by atoms with van der Waals surface area (Å²) >= 11 is 5.79. The van der Waals surface area contributed by atoms with Gasteiger partial charge in [-0.1, -0.05) is 29.8 Å². The zero-order chi connectivity index (χ0) is 15.1. The van der Waals surface area contributed by atoms with Gasteiger partial charge in [0.2, 0.25) is 5.91 Å². The molecule has 2 aromatic carbocycles. The zero-order valence-corrected chi connectivity index (χ0v) is 12.2. The molecule has 3 N–H and O–H groups in total. The quantitative estimate of drug-likeness (QED) is 0.862. The van der Waals surface area contributed by atoms with Crippen LogP contribution < -0.4 is 15.8 Å². The highest BCUT2D eigenvalue weighted by Crippen LogP contribution is 2.15. The lowest BCUT2D eigenvalue weighted by Gasteiger charge is -2.13. The van der Waals surface area contributed by atoms with Crippen LogP contribution in [0.25, 0.3) is 0 Å². The molecular weight excluding hydrogens is 288 g/mol. The number of nitrogens with two attached hydrogens (primary N) is 1. The van der Waals surface area contributed by atoms with Crippen LogP contribution >= 0.6 is 11.6 Å². The van der Waals surface area contributed by atoms with Gasteiger partial charge in [-0.2, -0.15) is 0 Å². The smallest absolute Gasteiger partial charge is 0.241 e. The molecule has 2 rings (SSSR count). The van der Waals surface area contributed by atoms with Gasteiger partial charge in [-0.15, -0.1) is 0 Å². The van der Waals surface area contributed by atoms with Crippen molar-refractivity contribution in [2.75, 3.05) is 11.9 Å². The van der Waals surface area contributed by atoms with Crippen LogP contribution in [0.4, 0.5) is 5.69 Å². The fourth-order valence-corrected chi connectivity index (χ4v) is 1.85. The van der Waals surface area contributed by atoms with Crippen molar-refractivity contribution in [3.8, 4) is 5.75 Å². The maximum atomic E-state index is 11.9. The van der Waals surface area contributed by atoms with E-state index in [9.17, 15) is 4.79 Å². The van der Waals surface area contributed by atoms with E-state index >= 15 is 0 Å². The third-order valence-electron chi connectivity index (χ3n) is 2.89. The molecule has 0 aliphatic rings. The van der Waals surface area contributed by atoms with Crippen LogP contribution in [0.1, 0.15) is 6.42 Å². The second-order valence-electron chi connectivity index (χ2n) is 4.55. The number of anilines is 1. The first-order chi connectivity index (χ1) is 10.1. The van der Waals surface area contributed by atoms with Gasteiger partial charge < -0.3 is 15.8 Å². The van der Waals surface area contributed by atoms with E-state index in [1.54, 1.807) is 24.3 Å². The molecule has 0 heterocycles. The Hall–Kier alpha value is -2.04. The number of halogens is 1. The number of rotatable bonds is 6. The van der Waals surface area contributed by atoms with E-state index in [1.807, 2.05) is 30.3 Å². The topological polar surface area (TPSA) is 64.3 Å². The molecule has 0 spiro atoms. The van der Waals surface area contributed by atoms with Gasteiger partial charge in [0.15, 0.2) is 0 Å². The summed E-state index contributed by atoms with van der Waals surface area (Å²) < 4.78 is 5.51. The maximum absolute atomic E-state index is 11.9. The summed E-state index contributed by atoms with van der Waals surface area (Å²) in [7, 11) is 0. The Labute approximate surface area is 128 Å². The molecule has 1 unspecified atom stereocenters. The second kappa shape index (κ2) is 7.67. The molecule has 1 atom stereocenters. The average molecular weight is 305 g/mol. The van der Waals surface area contributed by atoms with Crippen LogP contribution in [-0.2, 0) is 4.79 Å². The van der Waals surface area contributed by atoms with Gasteiger partial charge in [0, 0.05) is 17.1 Å². The summed E-state index contributed by atoms with van der Waals surface area (Å²) in [5.74, 6) is 0.482. The predicted molar refractivity (Wildman–Crippen MR) is 84.6 cm³/mol. The summed E-state index contributed by atoms with van der Waals surface area (Å²) in [6.07, 6.45) is 0.432. The lowest BCUT2D eigenvalue weighted by Crippen LogP contribution is -2.36. The third kappa shape index (κ3) is 5.10. The van der Waals surface area contributed by atoms with Crippen molar-refractivity contribution in [2.45, 2.75) is 12.5 Å². The molecule has 0 bridgehead atoms. The van der Waals surface area contributed by atoms with E-state index in [-0.39, 0.29) is 5.91 Å². The van der Waals surface area contributed by atoms with Crippen molar-refractivity contribution >= 4 is 23.2 Å². The molecule has 5 heteroatoms. The van der Waals surface area contributed by atoms with Crippen LogP contribution in [0, 0.1) is 0 Å². The number of nitrogens with one attached hydrogen (secondary N) is 1. The SMILES string of the molecule is NC(CCOc1ccc(Cl)cc1)C(=O)Nc1ccccc1. The predicted octanol–water partition coefficient (Wildman–Crippen LogP) is 3.07. The first-order valence-electron chi connectivity index (χ1n) is 6.65. The summed E-state index contributed by atoms with van der Waals surface area (Å²) in [5.41, 5.74) is 6.57. The Morgan fingerprint density at radius 1 is 1.14 bits per heavy atom. The monoisotopic (exact) mass is 304 g/mol. The number of hydrogen-bond donors (Lipinski definition) is 2. The van der Waals surface area contributed by atoms with Crippen LogP contribution in [-0.4, -0.2) is 18.6 Å². The second-order valence-corrected chi connectivity index (χ2v) is 4.99. The minimum absolute atomic E-state index is 0.221. The van der Waals surface area contributed by atoms with Crippen LogP contribution in [0.3, 0.4) is 0 Å². The molecule has 0 aliphatic heterocycles. The fraction of sp³-hybridized carbons (Fsp3) is 0.188. The Balaban J connectivity index is 1.75. The average Bonchev–Trinajstić information content (AvgIpc) is 2.50. The largest absolute Gasteiger partial charge is 0.494 e. The Bertz CT molecular complexity index is 573. The molecule has 4 nitrogen and oxygen atoms in total. The zero-order valence-electron chi connectivity index (χ0n) is 11.5. The Morgan fingerprint density at radius 3 is 2.48 bits per heavy atom. The highest BCUT2D eigenvalue weighted by atomic mass is 35.5. The number of carbonyl (C=O) groups is 1. The number of amides is 1. The fourth-order valence-electron chi connectivity index (χ4n) is 1.72. The lowest BCUT2D eigenvalue weighted by molar-refractivity contribution is -0.117. The molecule has 21 heavy (non-hydrogen) atoms. The molecule has 0 saturated heterocycles. The summed E-state index contributed by atoms with van der Waals surface area (Å²) in [6, 6.07) is 15.7. The van der Waals surface area contributed by atoms with E-state index in [4.69, 9.17) is 22.1 Å². The van der Waals surface area contributed by atoms with Crippen molar-refractivity contribution in [3.05, 3.63) is 59.6 Å². The van der Waals surface area contributed by atoms with E-state index in [0.29, 0.717) is 23.8 Å². The van der Waals surface area contributed by atoms with Crippen LogP contribution in [0.5, 0.6) is 5.75 Å². The Morgan fingerprint density at radius 2 is 1.81 bits per heavy atom. The minimum Gasteiger partial charge on any atom is -0.494 e. The highest BCUT2D eigenvalue weighted by Gasteiger charge is 2.13. The highest BCUT2D eigenvalue weighted by molar-refractivity contribution is 6.30. The van der Waals surface area contributed by atoms with E-state index in [2.05, 4.69) is 5.32 Å². The van der Waals surface area contributed by atoms with Crippen molar-refractivity contribution in [1.29, 1.82) is 0 Å². The molecule has 0 radical (unpaired) electrons. The van der Waals surface area contributed by atoms with Gasteiger partial charge in [0.25, 0.3) is 0 Å².